The van der Waals surface area contributed by atoms with Crippen LogP contribution >= 0.6 is 0 Å². The molecule has 3 rings (SSSR count). The molecule has 1 heterocycles. The van der Waals surface area contributed by atoms with E-state index in [0.717, 1.165) is 18.5 Å². The number of likely N-dealkylation sites (tertiary alicyclic amines) is 1. The molecule has 1 saturated heterocycles. The standard InChI is InChI=1S/C15H19NO/c17-15-13(11-16-8-4-1-5-9-16)10-12-6-2-3-7-14(12)15/h2-3,6-7,13H,1,4-5,8-11H2/t13-/m1/s1. The lowest BCUT2D eigenvalue weighted by molar-refractivity contribution is 0.0889. The van der Waals surface area contributed by atoms with Gasteiger partial charge in [0, 0.05) is 18.0 Å². The molecular formula is C15H19NO. The monoisotopic (exact) mass is 229 g/mol. The summed E-state index contributed by atoms with van der Waals surface area (Å²) in [6.07, 6.45) is 4.91. The lowest BCUT2D eigenvalue weighted by Crippen LogP contribution is -2.35. The SMILES string of the molecule is O=C1c2ccccc2C[C@@H]1CN1CCCCC1. The molecule has 1 aliphatic carbocycles. The van der Waals surface area contributed by atoms with Crippen LogP contribution in [0, 0.1) is 5.92 Å². The minimum atomic E-state index is 0.213. The first-order valence-corrected chi connectivity index (χ1v) is 6.69. The number of hydrogen-bond donors (Lipinski definition) is 0. The van der Waals surface area contributed by atoms with E-state index in [1.165, 1.54) is 37.9 Å². The minimum Gasteiger partial charge on any atom is -0.303 e. The zero-order valence-corrected chi connectivity index (χ0v) is 10.2. The van der Waals surface area contributed by atoms with Gasteiger partial charge in [-0.1, -0.05) is 30.7 Å². The Labute approximate surface area is 103 Å². The zero-order chi connectivity index (χ0) is 11.7. The van der Waals surface area contributed by atoms with Crippen molar-refractivity contribution in [1.82, 2.24) is 4.90 Å². The number of nitrogens with zero attached hydrogens (tertiary/aromatic N) is 1. The fourth-order valence-electron chi connectivity index (χ4n) is 3.12. The summed E-state index contributed by atoms with van der Waals surface area (Å²) >= 11 is 0. The Morgan fingerprint density at radius 1 is 1.12 bits per heavy atom. The molecule has 1 aliphatic heterocycles. The zero-order valence-electron chi connectivity index (χ0n) is 10.2. The van der Waals surface area contributed by atoms with Crippen LogP contribution in [-0.2, 0) is 6.42 Å². The van der Waals surface area contributed by atoms with Gasteiger partial charge in [0.15, 0.2) is 5.78 Å². The molecule has 2 nitrogen and oxygen atoms in total. The quantitative estimate of drug-likeness (QED) is 0.776. The van der Waals surface area contributed by atoms with Crippen molar-refractivity contribution in [2.24, 2.45) is 5.92 Å². The molecule has 0 spiro atoms. The van der Waals surface area contributed by atoms with Gasteiger partial charge in [0.05, 0.1) is 0 Å². The Morgan fingerprint density at radius 2 is 1.88 bits per heavy atom. The summed E-state index contributed by atoms with van der Waals surface area (Å²) in [6.45, 7) is 3.33. The Morgan fingerprint density at radius 3 is 2.65 bits per heavy atom. The highest BCUT2D eigenvalue weighted by atomic mass is 16.1. The number of carbonyl (C=O) groups is 1. The summed E-state index contributed by atoms with van der Waals surface area (Å²) in [5, 5.41) is 0. The van der Waals surface area contributed by atoms with Crippen molar-refractivity contribution in [2.45, 2.75) is 25.7 Å². The van der Waals surface area contributed by atoms with E-state index >= 15 is 0 Å². The van der Waals surface area contributed by atoms with E-state index in [4.69, 9.17) is 0 Å². The van der Waals surface area contributed by atoms with Crippen molar-refractivity contribution in [3.63, 3.8) is 0 Å². The molecule has 2 heteroatoms. The summed E-state index contributed by atoms with van der Waals surface area (Å²) in [7, 11) is 0. The van der Waals surface area contributed by atoms with Crippen LogP contribution in [-0.4, -0.2) is 30.3 Å². The topological polar surface area (TPSA) is 20.3 Å². The summed E-state index contributed by atoms with van der Waals surface area (Å²) in [5.74, 6) is 0.580. The first kappa shape index (κ1) is 11.0. The van der Waals surface area contributed by atoms with Crippen LogP contribution in [0.2, 0.25) is 0 Å². The Balaban J connectivity index is 1.69. The number of fused-ring (bicyclic) bond motifs is 1. The molecule has 0 aromatic heterocycles. The normalized spacial score (nSPS) is 24.9. The molecule has 0 amide bonds. The fourth-order valence-corrected chi connectivity index (χ4v) is 3.12. The average Bonchev–Trinajstić information content (AvgIpc) is 2.68. The second kappa shape index (κ2) is 4.61. The smallest absolute Gasteiger partial charge is 0.167 e. The number of ketones is 1. The van der Waals surface area contributed by atoms with Crippen LogP contribution in [0.1, 0.15) is 35.2 Å². The molecule has 1 atom stereocenters. The van der Waals surface area contributed by atoms with Gasteiger partial charge >= 0.3 is 0 Å². The molecule has 0 radical (unpaired) electrons. The lowest BCUT2D eigenvalue weighted by Gasteiger charge is -2.28. The summed E-state index contributed by atoms with van der Waals surface area (Å²) in [4.78, 5) is 14.7. The van der Waals surface area contributed by atoms with Gasteiger partial charge in [0.25, 0.3) is 0 Å². The maximum Gasteiger partial charge on any atom is 0.167 e. The van der Waals surface area contributed by atoms with Gasteiger partial charge in [0.2, 0.25) is 0 Å². The highest BCUT2D eigenvalue weighted by molar-refractivity contribution is 6.02. The van der Waals surface area contributed by atoms with E-state index in [0.29, 0.717) is 5.78 Å². The number of piperidine rings is 1. The molecule has 2 aliphatic rings. The van der Waals surface area contributed by atoms with Crippen LogP contribution in [0.25, 0.3) is 0 Å². The van der Waals surface area contributed by atoms with Gasteiger partial charge in [-0.3, -0.25) is 4.79 Å². The third-order valence-corrected chi connectivity index (χ3v) is 4.05. The van der Waals surface area contributed by atoms with Gasteiger partial charge in [-0.25, -0.2) is 0 Å². The number of Topliss-reactive ketones (excluding diaryl/α,β-unsaturated/α-hetero) is 1. The second-order valence-corrected chi connectivity index (χ2v) is 5.28. The minimum absolute atomic E-state index is 0.213. The molecule has 0 N–H and O–H groups in total. The predicted octanol–water partition coefficient (Wildman–Crippen LogP) is 2.53. The van der Waals surface area contributed by atoms with E-state index < -0.39 is 0 Å². The number of rotatable bonds is 2. The number of benzene rings is 1. The van der Waals surface area contributed by atoms with Crippen LogP contribution in [0.3, 0.4) is 0 Å². The van der Waals surface area contributed by atoms with Gasteiger partial charge < -0.3 is 4.90 Å². The molecule has 0 saturated carbocycles. The van der Waals surface area contributed by atoms with E-state index in [9.17, 15) is 4.79 Å². The lowest BCUT2D eigenvalue weighted by atomic mass is 10.0. The van der Waals surface area contributed by atoms with E-state index in [-0.39, 0.29) is 5.92 Å². The third-order valence-electron chi connectivity index (χ3n) is 4.05. The fraction of sp³-hybridized carbons (Fsp3) is 0.533. The van der Waals surface area contributed by atoms with Crippen LogP contribution < -0.4 is 0 Å². The Hall–Kier alpha value is -1.15. The third kappa shape index (κ3) is 2.14. The number of hydrogen-bond acceptors (Lipinski definition) is 2. The van der Waals surface area contributed by atoms with Crippen molar-refractivity contribution in [3.8, 4) is 0 Å². The predicted molar refractivity (Wildman–Crippen MR) is 68.3 cm³/mol. The molecular weight excluding hydrogens is 210 g/mol. The average molecular weight is 229 g/mol. The largest absolute Gasteiger partial charge is 0.303 e. The van der Waals surface area contributed by atoms with Crippen molar-refractivity contribution < 1.29 is 4.79 Å². The molecule has 0 unspecified atom stereocenters. The van der Waals surface area contributed by atoms with Crippen molar-refractivity contribution >= 4 is 5.78 Å². The van der Waals surface area contributed by atoms with Gasteiger partial charge in [-0.05, 0) is 37.9 Å². The summed E-state index contributed by atoms with van der Waals surface area (Å²) < 4.78 is 0. The maximum absolute atomic E-state index is 12.2. The first-order valence-electron chi connectivity index (χ1n) is 6.69. The van der Waals surface area contributed by atoms with Crippen LogP contribution in [0.4, 0.5) is 0 Å². The van der Waals surface area contributed by atoms with E-state index in [2.05, 4.69) is 11.0 Å². The maximum atomic E-state index is 12.2. The summed E-state index contributed by atoms with van der Waals surface area (Å²) in [6, 6.07) is 8.09. The Bertz CT molecular complexity index is 421. The number of carbonyl (C=O) groups excluding carboxylic acids is 1. The van der Waals surface area contributed by atoms with E-state index in [1.54, 1.807) is 0 Å². The Kier molecular flexibility index (Phi) is 2.98. The molecule has 17 heavy (non-hydrogen) atoms. The van der Waals surface area contributed by atoms with Crippen LogP contribution in [0.5, 0.6) is 0 Å². The van der Waals surface area contributed by atoms with Crippen molar-refractivity contribution in [2.75, 3.05) is 19.6 Å². The highest BCUT2D eigenvalue weighted by Gasteiger charge is 2.31. The molecule has 90 valence electrons. The van der Waals surface area contributed by atoms with Gasteiger partial charge in [-0.2, -0.15) is 0 Å². The first-order chi connectivity index (χ1) is 8.34. The molecule has 1 aromatic rings. The van der Waals surface area contributed by atoms with Crippen molar-refractivity contribution in [1.29, 1.82) is 0 Å². The molecule has 0 bridgehead atoms. The van der Waals surface area contributed by atoms with Crippen molar-refractivity contribution in [3.05, 3.63) is 35.4 Å². The van der Waals surface area contributed by atoms with E-state index in [1.807, 2.05) is 18.2 Å². The van der Waals surface area contributed by atoms with Crippen LogP contribution in [0.15, 0.2) is 24.3 Å². The summed E-state index contributed by atoms with van der Waals surface area (Å²) in [5.41, 5.74) is 2.22. The molecule has 1 fully saturated rings. The van der Waals surface area contributed by atoms with Gasteiger partial charge in [0.1, 0.15) is 0 Å². The highest BCUT2D eigenvalue weighted by Crippen LogP contribution is 2.27. The second-order valence-electron chi connectivity index (χ2n) is 5.28. The van der Waals surface area contributed by atoms with Gasteiger partial charge in [-0.15, -0.1) is 0 Å². The molecule has 1 aromatic carbocycles.